The molecule has 7 heteroatoms. The molecule has 31 heavy (non-hydrogen) atoms. The van der Waals surface area contributed by atoms with Crippen LogP contribution in [0.2, 0.25) is 0 Å². The van der Waals surface area contributed by atoms with Crippen molar-refractivity contribution in [3.05, 3.63) is 95.3 Å². The second kappa shape index (κ2) is 8.79. The van der Waals surface area contributed by atoms with Gasteiger partial charge in [0.25, 0.3) is 5.91 Å². The summed E-state index contributed by atoms with van der Waals surface area (Å²) in [6.45, 7) is 2.35. The molecule has 6 nitrogen and oxygen atoms in total. The number of carbonyl (C=O) groups is 1. The Morgan fingerprint density at radius 3 is 2.45 bits per heavy atom. The molecule has 0 bridgehead atoms. The maximum Gasteiger partial charge on any atom is 0.285 e. The molecule has 0 radical (unpaired) electrons. The molecule has 156 valence electrons. The number of aryl methyl sites for hydroxylation is 1. The second-order valence-corrected chi connectivity index (χ2v) is 7.02. The number of benzene rings is 3. The highest BCUT2D eigenvalue weighted by Crippen LogP contribution is 2.23. The summed E-state index contributed by atoms with van der Waals surface area (Å²) in [7, 11) is 1.51. The maximum absolute atomic E-state index is 13.3. The normalized spacial score (nSPS) is 10.7. The standard InChI is InChI=1S/C24H21FN4O2/c1-16-7-11-18(12-8-16)22-27-24(26-15-17-9-13-19(25)14-10-17)29(28-22)23(30)20-5-3-4-6-21(20)31-2/h3-14H,15H2,1-2H3,(H,26,27,28). The third kappa shape index (κ3) is 4.45. The summed E-state index contributed by atoms with van der Waals surface area (Å²) in [5.41, 5.74) is 3.12. The number of ether oxygens (including phenoxy) is 1. The van der Waals surface area contributed by atoms with Crippen LogP contribution in [-0.4, -0.2) is 27.8 Å². The van der Waals surface area contributed by atoms with Gasteiger partial charge in [0.15, 0.2) is 5.82 Å². The number of aromatic nitrogens is 3. The van der Waals surface area contributed by atoms with Crippen molar-refractivity contribution in [3.8, 4) is 17.1 Å². The SMILES string of the molecule is COc1ccccc1C(=O)n1nc(-c2ccc(C)cc2)nc1NCc1ccc(F)cc1. The Kier molecular flexibility index (Phi) is 5.75. The van der Waals surface area contributed by atoms with Gasteiger partial charge >= 0.3 is 0 Å². The molecule has 0 aliphatic carbocycles. The summed E-state index contributed by atoms with van der Waals surface area (Å²) < 4.78 is 19.8. The average Bonchev–Trinajstić information content (AvgIpc) is 3.23. The van der Waals surface area contributed by atoms with Gasteiger partial charge in [-0.05, 0) is 36.8 Å². The van der Waals surface area contributed by atoms with Gasteiger partial charge in [0.2, 0.25) is 5.95 Å². The van der Waals surface area contributed by atoms with Crippen LogP contribution in [0.3, 0.4) is 0 Å². The van der Waals surface area contributed by atoms with Crippen molar-refractivity contribution in [1.82, 2.24) is 14.8 Å². The Hall–Kier alpha value is -4.00. The van der Waals surface area contributed by atoms with E-state index >= 15 is 0 Å². The molecular weight excluding hydrogens is 395 g/mol. The lowest BCUT2D eigenvalue weighted by Crippen LogP contribution is -2.18. The van der Waals surface area contributed by atoms with Crippen LogP contribution in [0.1, 0.15) is 21.5 Å². The molecule has 0 aliphatic rings. The summed E-state index contributed by atoms with van der Waals surface area (Å²) in [6.07, 6.45) is 0. The summed E-state index contributed by atoms with van der Waals surface area (Å²) in [6, 6.07) is 20.8. The number of nitrogens with one attached hydrogen (secondary N) is 1. The molecule has 4 aromatic rings. The first-order valence-electron chi connectivity index (χ1n) is 9.75. The monoisotopic (exact) mass is 416 g/mol. The van der Waals surface area contributed by atoms with Crippen molar-refractivity contribution in [2.45, 2.75) is 13.5 Å². The number of halogens is 1. The lowest BCUT2D eigenvalue weighted by molar-refractivity contribution is 0.0944. The quantitative estimate of drug-likeness (QED) is 0.493. The number of anilines is 1. The van der Waals surface area contributed by atoms with Gasteiger partial charge in [-0.1, -0.05) is 54.1 Å². The van der Waals surface area contributed by atoms with Crippen LogP contribution < -0.4 is 10.1 Å². The zero-order valence-electron chi connectivity index (χ0n) is 17.2. The smallest absolute Gasteiger partial charge is 0.285 e. The van der Waals surface area contributed by atoms with E-state index in [0.717, 1.165) is 16.7 Å². The molecular formula is C24H21FN4O2. The van der Waals surface area contributed by atoms with Gasteiger partial charge in [0.1, 0.15) is 11.6 Å². The third-order valence-electron chi connectivity index (χ3n) is 4.81. The lowest BCUT2D eigenvalue weighted by atomic mass is 10.1. The third-order valence-corrected chi connectivity index (χ3v) is 4.81. The molecule has 0 saturated carbocycles. The van der Waals surface area contributed by atoms with Gasteiger partial charge in [0, 0.05) is 12.1 Å². The van der Waals surface area contributed by atoms with Crippen LogP contribution in [0, 0.1) is 12.7 Å². The van der Waals surface area contributed by atoms with Gasteiger partial charge in [0.05, 0.1) is 12.7 Å². The van der Waals surface area contributed by atoms with E-state index in [-0.39, 0.29) is 17.7 Å². The van der Waals surface area contributed by atoms with Gasteiger partial charge in [-0.25, -0.2) is 4.39 Å². The number of carbonyl (C=O) groups excluding carboxylic acids is 1. The Morgan fingerprint density at radius 1 is 1.03 bits per heavy atom. The van der Waals surface area contributed by atoms with Gasteiger partial charge < -0.3 is 10.1 Å². The summed E-state index contributed by atoms with van der Waals surface area (Å²) in [4.78, 5) is 17.8. The Labute approximate surface area is 179 Å². The van der Waals surface area contributed by atoms with Crippen LogP contribution in [0.25, 0.3) is 11.4 Å². The Morgan fingerprint density at radius 2 is 1.74 bits per heavy atom. The molecule has 0 aliphatic heterocycles. The first kappa shape index (κ1) is 20.3. The van der Waals surface area contributed by atoms with E-state index in [1.54, 1.807) is 36.4 Å². The highest BCUT2D eigenvalue weighted by molar-refractivity contribution is 5.99. The first-order valence-corrected chi connectivity index (χ1v) is 9.75. The van der Waals surface area contributed by atoms with Crippen LogP contribution >= 0.6 is 0 Å². The van der Waals surface area contributed by atoms with E-state index < -0.39 is 0 Å². The minimum Gasteiger partial charge on any atom is -0.496 e. The summed E-state index contributed by atoms with van der Waals surface area (Å²) in [5, 5.41) is 7.61. The molecule has 0 spiro atoms. The summed E-state index contributed by atoms with van der Waals surface area (Å²) in [5.74, 6) is 0.481. The Bertz CT molecular complexity index is 1200. The minimum absolute atomic E-state index is 0.288. The second-order valence-electron chi connectivity index (χ2n) is 7.02. The van der Waals surface area contributed by atoms with E-state index in [1.165, 1.54) is 23.9 Å². The van der Waals surface area contributed by atoms with E-state index in [9.17, 15) is 9.18 Å². The van der Waals surface area contributed by atoms with Crippen molar-refractivity contribution < 1.29 is 13.9 Å². The average molecular weight is 416 g/mol. The first-order chi connectivity index (χ1) is 15.0. The van der Waals surface area contributed by atoms with Crippen molar-refractivity contribution in [2.24, 2.45) is 0 Å². The van der Waals surface area contributed by atoms with E-state index in [2.05, 4.69) is 15.4 Å². The fourth-order valence-corrected chi connectivity index (χ4v) is 3.11. The minimum atomic E-state index is -0.370. The molecule has 0 saturated heterocycles. The fourth-order valence-electron chi connectivity index (χ4n) is 3.11. The highest BCUT2D eigenvalue weighted by atomic mass is 19.1. The number of rotatable bonds is 6. The van der Waals surface area contributed by atoms with E-state index in [0.29, 0.717) is 23.7 Å². The highest BCUT2D eigenvalue weighted by Gasteiger charge is 2.21. The molecule has 1 heterocycles. The number of para-hydroxylation sites is 1. The molecule has 4 rings (SSSR count). The van der Waals surface area contributed by atoms with Gasteiger partial charge in [-0.3, -0.25) is 4.79 Å². The largest absolute Gasteiger partial charge is 0.496 e. The fraction of sp³-hybridized carbons (Fsp3) is 0.125. The van der Waals surface area contributed by atoms with Crippen molar-refractivity contribution >= 4 is 11.9 Å². The molecule has 0 amide bonds. The molecule has 0 atom stereocenters. The zero-order valence-corrected chi connectivity index (χ0v) is 17.2. The predicted octanol–water partition coefficient (Wildman–Crippen LogP) is 4.70. The summed E-state index contributed by atoms with van der Waals surface area (Å²) >= 11 is 0. The lowest BCUT2D eigenvalue weighted by Gasteiger charge is -2.10. The van der Waals surface area contributed by atoms with Crippen LogP contribution in [0.4, 0.5) is 10.3 Å². The topological polar surface area (TPSA) is 69.0 Å². The number of hydrogen-bond donors (Lipinski definition) is 1. The van der Waals surface area contributed by atoms with Crippen molar-refractivity contribution in [3.63, 3.8) is 0 Å². The molecule has 0 unspecified atom stereocenters. The molecule has 1 N–H and O–H groups in total. The maximum atomic E-state index is 13.3. The van der Waals surface area contributed by atoms with Crippen LogP contribution in [0.15, 0.2) is 72.8 Å². The number of hydrogen-bond acceptors (Lipinski definition) is 5. The Balaban J connectivity index is 1.71. The zero-order chi connectivity index (χ0) is 21.8. The number of nitrogens with zero attached hydrogens (tertiary/aromatic N) is 3. The van der Waals surface area contributed by atoms with E-state index in [1.807, 2.05) is 31.2 Å². The van der Waals surface area contributed by atoms with Crippen molar-refractivity contribution in [1.29, 1.82) is 0 Å². The van der Waals surface area contributed by atoms with Crippen molar-refractivity contribution in [2.75, 3.05) is 12.4 Å². The number of methoxy groups -OCH3 is 1. The van der Waals surface area contributed by atoms with Gasteiger partial charge in [-0.15, -0.1) is 5.10 Å². The van der Waals surface area contributed by atoms with Gasteiger partial charge in [-0.2, -0.15) is 9.67 Å². The van der Waals surface area contributed by atoms with E-state index in [4.69, 9.17) is 4.74 Å². The molecule has 1 aromatic heterocycles. The predicted molar refractivity (Wildman–Crippen MR) is 117 cm³/mol. The molecule has 3 aromatic carbocycles. The molecule has 0 fully saturated rings. The van der Waals surface area contributed by atoms with Crippen LogP contribution in [0.5, 0.6) is 5.75 Å². The van der Waals surface area contributed by atoms with Crippen LogP contribution in [-0.2, 0) is 6.54 Å².